The van der Waals surface area contributed by atoms with Gasteiger partial charge < -0.3 is 10.5 Å². The summed E-state index contributed by atoms with van der Waals surface area (Å²) >= 11 is 0. The van der Waals surface area contributed by atoms with Crippen LogP contribution in [0, 0.1) is 6.92 Å². The number of hydrogen-bond donors (Lipinski definition) is 2. The number of rotatable bonds is 3. The number of nitrogens with one attached hydrogen (secondary N) is 1. The standard InChI is InChI=1S/C12H14N2O/c1-10-4-5-12(15)11(8-10)9-13-14-6-2-3-7-14/h2-8,13,15H,9H2,1H3. The van der Waals surface area contributed by atoms with E-state index >= 15 is 0 Å². The summed E-state index contributed by atoms with van der Waals surface area (Å²) in [7, 11) is 0. The zero-order valence-corrected chi connectivity index (χ0v) is 8.64. The average molecular weight is 202 g/mol. The number of phenolic OH excluding ortho intramolecular Hbond substituents is 1. The van der Waals surface area contributed by atoms with Crippen molar-refractivity contribution in [1.29, 1.82) is 0 Å². The first-order chi connectivity index (χ1) is 7.25. The zero-order chi connectivity index (χ0) is 10.7. The Kier molecular flexibility index (Phi) is 2.63. The zero-order valence-electron chi connectivity index (χ0n) is 8.64. The lowest BCUT2D eigenvalue weighted by Gasteiger charge is -2.09. The Morgan fingerprint density at radius 1 is 1.27 bits per heavy atom. The van der Waals surface area contributed by atoms with E-state index < -0.39 is 0 Å². The fraction of sp³-hybridized carbons (Fsp3) is 0.167. The van der Waals surface area contributed by atoms with E-state index in [0.717, 1.165) is 11.1 Å². The highest BCUT2D eigenvalue weighted by Gasteiger charge is 2.00. The summed E-state index contributed by atoms with van der Waals surface area (Å²) < 4.78 is 1.86. The molecule has 2 rings (SSSR count). The molecule has 0 unspecified atom stereocenters. The predicted octanol–water partition coefficient (Wildman–Crippen LogP) is 2.25. The molecule has 0 saturated heterocycles. The molecule has 3 heteroatoms. The smallest absolute Gasteiger partial charge is 0.120 e. The molecule has 0 bridgehead atoms. The maximum Gasteiger partial charge on any atom is 0.120 e. The molecule has 0 fully saturated rings. The quantitative estimate of drug-likeness (QED) is 0.801. The number of aryl methyl sites for hydroxylation is 1. The van der Waals surface area contributed by atoms with Gasteiger partial charge in [0.1, 0.15) is 5.75 Å². The van der Waals surface area contributed by atoms with Crippen molar-refractivity contribution in [1.82, 2.24) is 4.68 Å². The summed E-state index contributed by atoms with van der Waals surface area (Å²) in [6, 6.07) is 9.49. The van der Waals surface area contributed by atoms with Crippen molar-refractivity contribution in [2.24, 2.45) is 0 Å². The molecule has 0 atom stereocenters. The van der Waals surface area contributed by atoms with Gasteiger partial charge in [-0.1, -0.05) is 17.7 Å². The molecule has 3 nitrogen and oxygen atoms in total. The highest BCUT2D eigenvalue weighted by molar-refractivity contribution is 5.36. The number of hydrogen-bond acceptors (Lipinski definition) is 2. The molecule has 0 aliphatic carbocycles. The third-order valence-corrected chi connectivity index (χ3v) is 2.29. The molecule has 0 radical (unpaired) electrons. The van der Waals surface area contributed by atoms with Crippen molar-refractivity contribution >= 4 is 0 Å². The van der Waals surface area contributed by atoms with E-state index in [2.05, 4.69) is 5.43 Å². The molecule has 0 amide bonds. The molecule has 15 heavy (non-hydrogen) atoms. The molecule has 0 spiro atoms. The lowest BCUT2D eigenvalue weighted by molar-refractivity contribution is 0.468. The molecular weight excluding hydrogens is 188 g/mol. The maximum absolute atomic E-state index is 9.61. The van der Waals surface area contributed by atoms with Crippen LogP contribution in [0.1, 0.15) is 11.1 Å². The first-order valence-electron chi connectivity index (χ1n) is 4.91. The molecule has 0 saturated carbocycles. The Balaban J connectivity index is 2.07. The van der Waals surface area contributed by atoms with Crippen LogP contribution in [0.15, 0.2) is 42.7 Å². The number of nitrogens with zero attached hydrogens (tertiary/aromatic N) is 1. The lowest BCUT2D eigenvalue weighted by Crippen LogP contribution is -2.11. The monoisotopic (exact) mass is 202 g/mol. The van der Waals surface area contributed by atoms with Crippen molar-refractivity contribution in [3.05, 3.63) is 53.9 Å². The van der Waals surface area contributed by atoms with Crippen LogP contribution in [0.4, 0.5) is 0 Å². The summed E-state index contributed by atoms with van der Waals surface area (Å²) in [5, 5.41) is 9.61. The van der Waals surface area contributed by atoms with Crippen molar-refractivity contribution in [3.8, 4) is 5.75 Å². The summed E-state index contributed by atoms with van der Waals surface area (Å²) in [5.41, 5.74) is 5.22. The number of benzene rings is 1. The summed E-state index contributed by atoms with van der Waals surface area (Å²) in [4.78, 5) is 0. The molecule has 1 aromatic heterocycles. The van der Waals surface area contributed by atoms with Gasteiger partial charge in [-0.25, -0.2) is 0 Å². The Labute approximate surface area is 89.0 Å². The number of aromatic hydroxyl groups is 1. The van der Waals surface area contributed by atoms with Gasteiger partial charge in [0.25, 0.3) is 0 Å². The maximum atomic E-state index is 9.61. The van der Waals surface area contributed by atoms with E-state index in [9.17, 15) is 5.11 Å². The Morgan fingerprint density at radius 2 is 2.00 bits per heavy atom. The van der Waals surface area contributed by atoms with Gasteiger partial charge in [0, 0.05) is 18.0 Å². The van der Waals surface area contributed by atoms with E-state index in [1.807, 2.05) is 48.3 Å². The van der Waals surface area contributed by atoms with E-state index in [1.165, 1.54) is 0 Å². The largest absolute Gasteiger partial charge is 0.508 e. The molecule has 78 valence electrons. The van der Waals surface area contributed by atoms with Crippen LogP contribution in [0.3, 0.4) is 0 Å². The van der Waals surface area contributed by atoms with E-state index in [1.54, 1.807) is 6.07 Å². The van der Waals surface area contributed by atoms with Crippen LogP contribution in [-0.2, 0) is 6.54 Å². The second-order valence-corrected chi connectivity index (χ2v) is 3.56. The minimum absolute atomic E-state index is 0.334. The second kappa shape index (κ2) is 4.09. The van der Waals surface area contributed by atoms with Crippen molar-refractivity contribution in [2.75, 3.05) is 5.43 Å². The third-order valence-electron chi connectivity index (χ3n) is 2.29. The van der Waals surface area contributed by atoms with Crippen LogP contribution in [0.2, 0.25) is 0 Å². The molecule has 0 aliphatic rings. The average Bonchev–Trinajstić information content (AvgIpc) is 2.72. The topological polar surface area (TPSA) is 37.2 Å². The van der Waals surface area contributed by atoms with Crippen LogP contribution in [0.5, 0.6) is 5.75 Å². The Bertz CT molecular complexity index is 435. The first-order valence-corrected chi connectivity index (χ1v) is 4.91. The minimum atomic E-state index is 0.334. The van der Waals surface area contributed by atoms with Gasteiger partial charge in [0.2, 0.25) is 0 Å². The molecule has 0 aliphatic heterocycles. The van der Waals surface area contributed by atoms with E-state index in [0.29, 0.717) is 12.3 Å². The predicted molar refractivity (Wildman–Crippen MR) is 60.3 cm³/mol. The second-order valence-electron chi connectivity index (χ2n) is 3.56. The molecule has 1 heterocycles. The van der Waals surface area contributed by atoms with Gasteiger partial charge in [-0.2, -0.15) is 0 Å². The summed E-state index contributed by atoms with van der Waals surface area (Å²) in [6.45, 7) is 2.63. The molecular formula is C12H14N2O. The van der Waals surface area contributed by atoms with Crippen LogP contribution >= 0.6 is 0 Å². The molecule has 2 aromatic rings. The van der Waals surface area contributed by atoms with Crippen LogP contribution in [-0.4, -0.2) is 9.78 Å². The number of aromatic nitrogens is 1. The van der Waals surface area contributed by atoms with Gasteiger partial charge in [0.15, 0.2) is 0 Å². The van der Waals surface area contributed by atoms with Gasteiger partial charge in [-0.3, -0.25) is 4.68 Å². The van der Waals surface area contributed by atoms with Crippen molar-refractivity contribution < 1.29 is 5.11 Å². The molecule has 2 N–H and O–H groups in total. The van der Waals surface area contributed by atoms with Gasteiger partial charge >= 0.3 is 0 Å². The van der Waals surface area contributed by atoms with E-state index in [4.69, 9.17) is 0 Å². The van der Waals surface area contributed by atoms with Crippen LogP contribution in [0.25, 0.3) is 0 Å². The third kappa shape index (κ3) is 2.31. The van der Waals surface area contributed by atoms with Crippen LogP contribution < -0.4 is 5.43 Å². The van der Waals surface area contributed by atoms with Crippen molar-refractivity contribution in [3.63, 3.8) is 0 Å². The van der Waals surface area contributed by atoms with Gasteiger partial charge in [-0.15, -0.1) is 0 Å². The number of phenols is 1. The lowest BCUT2D eigenvalue weighted by atomic mass is 10.1. The highest BCUT2D eigenvalue weighted by Crippen LogP contribution is 2.17. The fourth-order valence-electron chi connectivity index (χ4n) is 1.47. The Morgan fingerprint density at radius 3 is 2.73 bits per heavy atom. The normalized spacial score (nSPS) is 10.2. The minimum Gasteiger partial charge on any atom is -0.508 e. The van der Waals surface area contributed by atoms with Gasteiger partial charge in [0.05, 0.1) is 6.54 Å². The van der Waals surface area contributed by atoms with Gasteiger partial charge in [-0.05, 0) is 25.1 Å². The van der Waals surface area contributed by atoms with Crippen molar-refractivity contribution in [2.45, 2.75) is 13.5 Å². The molecule has 1 aromatic carbocycles. The highest BCUT2D eigenvalue weighted by atomic mass is 16.3. The first kappa shape index (κ1) is 9.65. The van der Waals surface area contributed by atoms with E-state index in [-0.39, 0.29) is 0 Å². The fourth-order valence-corrected chi connectivity index (χ4v) is 1.47. The summed E-state index contributed by atoms with van der Waals surface area (Å²) in [6.07, 6.45) is 3.85. The SMILES string of the molecule is Cc1ccc(O)c(CNn2cccc2)c1. The Hall–Kier alpha value is -1.90. The summed E-state index contributed by atoms with van der Waals surface area (Å²) in [5.74, 6) is 0.334.